The average Bonchev–Trinajstić information content (AvgIpc) is 2.78. The van der Waals surface area contributed by atoms with E-state index in [2.05, 4.69) is 62.4 Å². The number of hydrogen-bond acceptors (Lipinski definition) is 1. The molecule has 0 aliphatic heterocycles. The van der Waals surface area contributed by atoms with Gasteiger partial charge in [0.05, 0.1) is 0 Å². The third kappa shape index (κ3) is 9.65. The van der Waals surface area contributed by atoms with E-state index >= 15 is 0 Å². The monoisotopic (exact) mass is 364 g/mol. The molecule has 0 fully saturated rings. The number of aryl methyl sites for hydroxylation is 2. The molecule has 0 spiro atoms. The Bertz CT molecular complexity index is 637. The molecule has 0 atom stereocenters. The predicted octanol–water partition coefficient (Wildman–Crippen LogP) is 7.92. The molecule has 0 unspecified atom stereocenters. The Labute approximate surface area is 166 Å². The van der Waals surface area contributed by atoms with Gasteiger partial charge in [0.25, 0.3) is 0 Å². The van der Waals surface area contributed by atoms with Gasteiger partial charge in [-0.25, -0.2) is 0 Å². The van der Waals surface area contributed by atoms with Crippen molar-refractivity contribution in [2.75, 3.05) is 0 Å². The van der Waals surface area contributed by atoms with Gasteiger partial charge in [-0.2, -0.15) is 0 Å². The number of aromatic hydroxyl groups is 1. The van der Waals surface area contributed by atoms with E-state index in [-0.39, 0.29) is 0 Å². The van der Waals surface area contributed by atoms with E-state index in [9.17, 15) is 0 Å². The standard InChI is InChI=1S/C16H18.C6H6O.2C2H6/c1-3-13-5-9-15(10-6-13)16-11-7-14(4-2)8-12-16;7-6-4-2-1-3-5-6;2*1-2/h5-12H,3-4H2,1-2H3;1-5,7H;2*1-2H3. The average molecular weight is 365 g/mol. The minimum atomic E-state index is 0.322. The van der Waals surface area contributed by atoms with Crippen LogP contribution in [0.3, 0.4) is 0 Å². The maximum absolute atomic E-state index is 8.63. The van der Waals surface area contributed by atoms with Crippen LogP contribution in [0.2, 0.25) is 0 Å². The lowest BCUT2D eigenvalue weighted by Crippen LogP contribution is -1.83. The normalized spacial score (nSPS) is 8.81. The van der Waals surface area contributed by atoms with Crippen LogP contribution < -0.4 is 0 Å². The van der Waals surface area contributed by atoms with Gasteiger partial charge in [-0.15, -0.1) is 0 Å². The molecule has 1 N–H and O–H groups in total. The van der Waals surface area contributed by atoms with Crippen molar-refractivity contribution < 1.29 is 5.11 Å². The highest BCUT2D eigenvalue weighted by molar-refractivity contribution is 5.63. The molecule has 0 saturated heterocycles. The number of phenolic OH excluding ortho intramolecular Hbond substituents is 1. The fourth-order valence-corrected chi connectivity index (χ4v) is 2.29. The first-order valence-electron chi connectivity index (χ1n) is 10.1. The Kier molecular flexibility index (Phi) is 14.2. The third-order valence-electron chi connectivity index (χ3n) is 3.81. The molecule has 0 aliphatic rings. The van der Waals surface area contributed by atoms with Crippen molar-refractivity contribution in [1.82, 2.24) is 0 Å². The maximum Gasteiger partial charge on any atom is 0.115 e. The highest BCUT2D eigenvalue weighted by Crippen LogP contribution is 2.20. The molecule has 0 saturated carbocycles. The summed E-state index contributed by atoms with van der Waals surface area (Å²) >= 11 is 0. The van der Waals surface area contributed by atoms with Crippen molar-refractivity contribution in [1.29, 1.82) is 0 Å². The van der Waals surface area contributed by atoms with E-state index in [1.807, 2.05) is 33.8 Å². The van der Waals surface area contributed by atoms with Crippen molar-refractivity contribution in [3.63, 3.8) is 0 Å². The van der Waals surface area contributed by atoms with Crippen molar-refractivity contribution in [3.05, 3.63) is 90.0 Å². The van der Waals surface area contributed by atoms with Gasteiger partial charge in [-0.1, -0.05) is 108 Å². The molecular weight excluding hydrogens is 328 g/mol. The highest BCUT2D eigenvalue weighted by atomic mass is 16.3. The second-order valence-electron chi connectivity index (χ2n) is 5.44. The molecule has 146 valence electrons. The van der Waals surface area contributed by atoms with Gasteiger partial charge < -0.3 is 5.11 Å². The van der Waals surface area contributed by atoms with Crippen LogP contribution in [0.5, 0.6) is 5.75 Å². The lowest BCUT2D eigenvalue weighted by molar-refractivity contribution is 0.475. The summed E-state index contributed by atoms with van der Waals surface area (Å²) in [5.74, 6) is 0.322. The lowest BCUT2D eigenvalue weighted by atomic mass is 10.0. The fraction of sp³-hybridized carbons (Fsp3) is 0.308. The highest BCUT2D eigenvalue weighted by Gasteiger charge is 1.97. The Hall–Kier alpha value is -2.54. The summed E-state index contributed by atoms with van der Waals surface area (Å²) in [4.78, 5) is 0. The van der Waals surface area contributed by atoms with E-state index in [1.165, 1.54) is 22.3 Å². The minimum absolute atomic E-state index is 0.322. The number of rotatable bonds is 3. The van der Waals surface area contributed by atoms with E-state index in [1.54, 1.807) is 24.3 Å². The number of hydrogen-bond donors (Lipinski definition) is 1. The molecule has 0 radical (unpaired) electrons. The summed E-state index contributed by atoms with van der Waals surface area (Å²) in [6.45, 7) is 12.4. The SMILES string of the molecule is CC.CC.CCc1ccc(-c2ccc(CC)cc2)cc1.Oc1ccccc1. The summed E-state index contributed by atoms with van der Waals surface area (Å²) < 4.78 is 0. The van der Waals surface area contributed by atoms with Gasteiger partial charge in [-0.3, -0.25) is 0 Å². The molecule has 3 rings (SSSR count). The first kappa shape index (κ1) is 24.5. The molecule has 0 aromatic heterocycles. The smallest absolute Gasteiger partial charge is 0.115 e. The van der Waals surface area contributed by atoms with Crippen LogP contribution in [0.1, 0.15) is 52.7 Å². The largest absolute Gasteiger partial charge is 0.508 e. The first-order chi connectivity index (χ1) is 13.2. The van der Waals surface area contributed by atoms with E-state index < -0.39 is 0 Å². The van der Waals surface area contributed by atoms with Crippen LogP contribution in [-0.4, -0.2) is 5.11 Å². The van der Waals surface area contributed by atoms with Gasteiger partial charge in [0.2, 0.25) is 0 Å². The Morgan fingerprint density at radius 2 is 0.852 bits per heavy atom. The van der Waals surface area contributed by atoms with Crippen molar-refractivity contribution in [3.8, 4) is 16.9 Å². The molecule has 0 aliphatic carbocycles. The molecule has 0 amide bonds. The second kappa shape index (κ2) is 15.7. The van der Waals surface area contributed by atoms with Crippen LogP contribution in [0.15, 0.2) is 78.9 Å². The number of phenols is 1. The Morgan fingerprint density at radius 3 is 1.07 bits per heavy atom. The second-order valence-corrected chi connectivity index (χ2v) is 5.44. The van der Waals surface area contributed by atoms with Crippen LogP contribution >= 0.6 is 0 Å². The summed E-state index contributed by atoms with van der Waals surface area (Å²) in [5.41, 5.74) is 5.41. The quantitative estimate of drug-likeness (QED) is 0.500. The van der Waals surface area contributed by atoms with Crippen molar-refractivity contribution in [2.45, 2.75) is 54.4 Å². The molecule has 3 aromatic rings. The molecule has 0 heterocycles. The summed E-state index contributed by atoms with van der Waals surface area (Å²) in [6.07, 6.45) is 2.21. The molecule has 27 heavy (non-hydrogen) atoms. The predicted molar refractivity (Wildman–Crippen MR) is 121 cm³/mol. The molecule has 1 nitrogen and oxygen atoms in total. The maximum atomic E-state index is 8.63. The topological polar surface area (TPSA) is 20.2 Å². The van der Waals surface area contributed by atoms with Gasteiger partial charge >= 0.3 is 0 Å². The van der Waals surface area contributed by atoms with Gasteiger partial charge in [0.1, 0.15) is 5.75 Å². The van der Waals surface area contributed by atoms with Crippen LogP contribution in [0.4, 0.5) is 0 Å². The molecule has 1 heteroatoms. The van der Waals surface area contributed by atoms with Gasteiger partial charge in [-0.05, 0) is 47.2 Å². The van der Waals surface area contributed by atoms with Crippen LogP contribution in [0.25, 0.3) is 11.1 Å². The molecule has 0 bridgehead atoms. The third-order valence-corrected chi connectivity index (χ3v) is 3.81. The Balaban J connectivity index is 0.000000514. The van der Waals surface area contributed by atoms with E-state index in [4.69, 9.17) is 5.11 Å². The summed E-state index contributed by atoms with van der Waals surface area (Å²) in [6, 6.07) is 26.4. The van der Waals surface area contributed by atoms with Crippen molar-refractivity contribution in [2.24, 2.45) is 0 Å². The summed E-state index contributed by atoms with van der Waals surface area (Å²) in [7, 11) is 0. The zero-order chi connectivity index (χ0) is 20.5. The number of para-hydroxylation sites is 1. The van der Waals surface area contributed by atoms with Gasteiger partial charge in [0.15, 0.2) is 0 Å². The summed E-state index contributed by atoms with van der Waals surface area (Å²) in [5, 5.41) is 8.63. The van der Waals surface area contributed by atoms with Gasteiger partial charge in [0, 0.05) is 0 Å². The zero-order valence-electron chi connectivity index (χ0n) is 17.9. The van der Waals surface area contributed by atoms with E-state index in [0.29, 0.717) is 5.75 Å². The fourth-order valence-electron chi connectivity index (χ4n) is 2.29. The molecule has 3 aromatic carbocycles. The van der Waals surface area contributed by atoms with E-state index in [0.717, 1.165) is 12.8 Å². The van der Waals surface area contributed by atoms with Crippen molar-refractivity contribution >= 4 is 0 Å². The lowest BCUT2D eigenvalue weighted by Gasteiger charge is -2.04. The Morgan fingerprint density at radius 1 is 0.519 bits per heavy atom. The number of benzene rings is 3. The zero-order valence-corrected chi connectivity index (χ0v) is 17.9. The van der Waals surface area contributed by atoms with Crippen LogP contribution in [-0.2, 0) is 12.8 Å². The van der Waals surface area contributed by atoms with Crippen LogP contribution in [0, 0.1) is 0 Å². The molecular formula is C26H36O. The first-order valence-corrected chi connectivity index (χ1v) is 10.1. The minimum Gasteiger partial charge on any atom is -0.508 e.